The third-order valence-electron chi connectivity index (χ3n) is 4.24. The van der Waals surface area contributed by atoms with Gasteiger partial charge in [-0.05, 0) is 40.1 Å². The molecular formula is C22H33P. The fourth-order valence-electron chi connectivity index (χ4n) is 3.21. The first-order valence-corrected chi connectivity index (χ1v) is 9.88. The minimum absolute atomic E-state index is 0.264. The third-order valence-corrected chi connectivity index (χ3v) is 7.98. The molecule has 0 fully saturated rings. The highest BCUT2D eigenvalue weighted by Crippen LogP contribution is 2.60. The van der Waals surface area contributed by atoms with Gasteiger partial charge < -0.3 is 0 Å². The Morgan fingerprint density at radius 2 is 1.74 bits per heavy atom. The Labute approximate surface area is 145 Å². The van der Waals surface area contributed by atoms with Crippen molar-refractivity contribution in [3.05, 3.63) is 60.7 Å². The van der Waals surface area contributed by atoms with Crippen LogP contribution in [0.2, 0.25) is 0 Å². The van der Waals surface area contributed by atoms with E-state index >= 15 is 0 Å². The van der Waals surface area contributed by atoms with Gasteiger partial charge in [0.25, 0.3) is 0 Å². The highest BCUT2D eigenvalue weighted by molar-refractivity contribution is 7.68. The molecule has 0 nitrogen and oxygen atoms in total. The second-order valence-corrected chi connectivity index (χ2v) is 11.3. The molecule has 0 spiro atoms. The Morgan fingerprint density at radius 3 is 2.22 bits per heavy atom. The third kappa shape index (κ3) is 4.92. The van der Waals surface area contributed by atoms with Gasteiger partial charge in [0.15, 0.2) is 0 Å². The Bertz CT molecular complexity index is 582. The summed E-state index contributed by atoms with van der Waals surface area (Å²) in [5.41, 5.74) is 2.61. The van der Waals surface area contributed by atoms with Gasteiger partial charge in [-0.15, -0.1) is 0 Å². The molecule has 0 N–H and O–H groups in total. The van der Waals surface area contributed by atoms with Gasteiger partial charge in [-0.2, -0.15) is 0 Å². The molecule has 0 amide bonds. The number of benzene rings is 1. The Hall–Kier alpha value is -1.13. The maximum atomic E-state index is 3.89. The van der Waals surface area contributed by atoms with Gasteiger partial charge in [0.2, 0.25) is 0 Å². The monoisotopic (exact) mass is 328 g/mol. The molecule has 1 unspecified atom stereocenters. The first-order chi connectivity index (χ1) is 10.7. The summed E-state index contributed by atoms with van der Waals surface area (Å²) < 4.78 is 0. The first-order valence-electron chi connectivity index (χ1n) is 8.54. The number of hydrogen-bond donors (Lipinski definition) is 0. The first kappa shape index (κ1) is 19.9. The summed E-state index contributed by atoms with van der Waals surface area (Å²) in [6, 6.07) is 8.93. The molecular weight excluding hydrogens is 295 g/mol. The summed E-state index contributed by atoms with van der Waals surface area (Å²) in [4.78, 5) is 0. The lowest BCUT2D eigenvalue weighted by atomic mass is 10.0. The van der Waals surface area contributed by atoms with Gasteiger partial charge in [0.05, 0.1) is 0 Å². The van der Waals surface area contributed by atoms with Crippen LogP contribution in [0.5, 0.6) is 0 Å². The molecule has 0 aliphatic rings. The van der Waals surface area contributed by atoms with Crippen LogP contribution in [-0.4, -0.2) is 10.3 Å². The van der Waals surface area contributed by atoms with Crippen molar-refractivity contribution in [2.75, 3.05) is 0 Å². The van der Waals surface area contributed by atoms with E-state index in [2.05, 4.69) is 97.5 Å². The topological polar surface area (TPSA) is 0 Å². The number of rotatable bonds is 6. The second kappa shape index (κ2) is 8.11. The molecule has 1 heteroatoms. The lowest BCUT2D eigenvalue weighted by molar-refractivity contribution is 0.643. The normalized spacial score (nSPS) is 15.0. The van der Waals surface area contributed by atoms with E-state index in [4.69, 9.17) is 0 Å². The van der Waals surface area contributed by atoms with Crippen LogP contribution in [0.15, 0.2) is 55.1 Å². The molecule has 23 heavy (non-hydrogen) atoms. The minimum atomic E-state index is -0.324. The maximum absolute atomic E-state index is 3.89. The van der Waals surface area contributed by atoms with Crippen LogP contribution in [0, 0.1) is 0 Å². The quantitative estimate of drug-likeness (QED) is 0.392. The van der Waals surface area contributed by atoms with Crippen molar-refractivity contribution in [1.29, 1.82) is 0 Å². The molecule has 0 bridgehead atoms. The smallest absolute Gasteiger partial charge is 0.0107 e. The maximum Gasteiger partial charge on any atom is -0.0107 e. The predicted octanol–water partition coefficient (Wildman–Crippen LogP) is 6.93. The van der Waals surface area contributed by atoms with Gasteiger partial charge in [0.1, 0.15) is 0 Å². The molecule has 126 valence electrons. The molecule has 1 aromatic carbocycles. The zero-order valence-corrected chi connectivity index (χ0v) is 16.9. The lowest BCUT2D eigenvalue weighted by Crippen LogP contribution is -2.34. The summed E-state index contributed by atoms with van der Waals surface area (Å²) in [6.45, 7) is 20.3. The summed E-state index contributed by atoms with van der Waals surface area (Å²) >= 11 is 0. The summed E-state index contributed by atoms with van der Waals surface area (Å²) in [5, 5.41) is 2.08. The molecule has 0 radical (unpaired) electrons. The Balaban J connectivity index is 3.63. The van der Waals surface area contributed by atoms with E-state index in [0.717, 1.165) is 0 Å². The van der Waals surface area contributed by atoms with Crippen molar-refractivity contribution in [2.24, 2.45) is 0 Å². The van der Waals surface area contributed by atoms with Gasteiger partial charge in [-0.25, -0.2) is 0 Å². The molecule has 1 atom stereocenters. The van der Waals surface area contributed by atoms with Crippen LogP contribution in [0.4, 0.5) is 0 Å². The summed E-state index contributed by atoms with van der Waals surface area (Å²) in [7, 11) is -0.324. The molecule has 0 aliphatic carbocycles. The molecule has 0 heterocycles. The molecule has 0 aromatic heterocycles. The average Bonchev–Trinajstić information content (AvgIpc) is 2.46. The van der Waals surface area contributed by atoms with Crippen LogP contribution in [0.25, 0.3) is 5.57 Å². The van der Waals surface area contributed by atoms with Crippen LogP contribution in [0.1, 0.15) is 60.5 Å². The molecule has 1 aromatic rings. The minimum Gasteiger partial charge on any atom is -0.0990 e. The standard InChI is InChI=1S/C22H33P/c1-9-14-18(15-10-2)19-16-12-13-17-20(19)23(21(4,5)6)22(7,8)11-3/h9-10,12-17H,1,11H2,2-8H3/b15-10-,18-14+. The van der Waals surface area contributed by atoms with Crippen molar-refractivity contribution >= 4 is 18.8 Å². The van der Waals surface area contributed by atoms with Gasteiger partial charge >= 0.3 is 0 Å². The molecule has 0 saturated carbocycles. The van der Waals surface area contributed by atoms with Crippen molar-refractivity contribution in [1.82, 2.24) is 0 Å². The van der Waals surface area contributed by atoms with E-state index in [-0.39, 0.29) is 13.1 Å². The van der Waals surface area contributed by atoms with E-state index in [0.29, 0.717) is 5.16 Å². The van der Waals surface area contributed by atoms with Crippen molar-refractivity contribution < 1.29 is 0 Å². The van der Waals surface area contributed by atoms with Gasteiger partial charge in [-0.3, -0.25) is 0 Å². The van der Waals surface area contributed by atoms with E-state index in [1.165, 1.54) is 22.9 Å². The predicted molar refractivity (Wildman–Crippen MR) is 110 cm³/mol. The van der Waals surface area contributed by atoms with E-state index in [9.17, 15) is 0 Å². The zero-order chi connectivity index (χ0) is 17.7. The van der Waals surface area contributed by atoms with E-state index < -0.39 is 0 Å². The van der Waals surface area contributed by atoms with Crippen molar-refractivity contribution in [2.45, 2.75) is 65.2 Å². The number of allylic oxidation sites excluding steroid dienone is 5. The van der Waals surface area contributed by atoms with Crippen molar-refractivity contribution in [3.8, 4) is 0 Å². The molecule has 0 saturated heterocycles. The van der Waals surface area contributed by atoms with Crippen LogP contribution >= 0.6 is 7.92 Å². The largest absolute Gasteiger partial charge is 0.0990 e. The highest BCUT2D eigenvalue weighted by atomic mass is 31.1. The van der Waals surface area contributed by atoms with Crippen LogP contribution in [-0.2, 0) is 0 Å². The second-order valence-electron chi connectivity index (χ2n) is 7.55. The molecule has 0 aliphatic heterocycles. The fourth-order valence-corrected chi connectivity index (χ4v) is 7.39. The average molecular weight is 328 g/mol. The van der Waals surface area contributed by atoms with Gasteiger partial charge in [-0.1, -0.05) is 105 Å². The SMILES string of the molecule is C=C/C=C(\C=C/C)c1ccccc1P(C(C)(C)C)C(C)(C)CC. The fraction of sp³-hybridized carbons (Fsp3) is 0.455. The Morgan fingerprint density at radius 1 is 1.13 bits per heavy atom. The van der Waals surface area contributed by atoms with Crippen molar-refractivity contribution in [3.63, 3.8) is 0 Å². The summed E-state index contributed by atoms with van der Waals surface area (Å²) in [6.07, 6.45) is 9.49. The zero-order valence-electron chi connectivity index (χ0n) is 16.0. The lowest BCUT2D eigenvalue weighted by Gasteiger charge is -2.44. The van der Waals surface area contributed by atoms with E-state index in [1.54, 1.807) is 0 Å². The number of hydrogen-bond acceptors (Lipinski definition) is 0. The van der Waals surface area contributed by atoms with Gasteiger partial charge in [0, 0.05) is 0 Å². The highest BCUT2D eigenvalue weighted by Gasteiger charge is 2.38. The van der Waals surface area contributed by atoms with Crippen LogP contribution < -0.4 is 5.30 Å². The summed E-state index contributed by atoms with van der Waals surface area (Å²) in [5.74, 6) is 0. The van der Waals surface area contributed by atoms with E-state index in [1.807, 2.05) is 6.08 Å². The molecule has 1 rings (SSSR count). The van der Waals surface area contributed by atoms with Crippen LogP contribution in [0.3, 0.4) is 0 Å². The Kier molecular flexibility index (Phi) is 7.02.